The van der Waals surface area contributed by atoms with E-state index in [2.05, 4.69) is 60.4 Å². The molecule has 1 N–H and O–H groups in total. The maximum atomic E-state index is 4.76. The van der Waals surface area contributed by atoms with Crippen molar-refractivity contribution in [3.05, 3.63) is 27.2 Å². The third-order valence-electron chi connectivity index (χ3n) is 3.03. The molecule has 0 aliphatic rings. The lowest BCUT2D eigenvalue weighted by Crippen LogP contribution is -2.08. The van der Waals surface area contributed by atoms with E-state index >= 15 is 0 Å². The van der Waals surface area contributed by atoms with E-state index in [0.29, 0.717) is 5.92 Å². The Balaban J connectivity index is 2.53. The molecule has 0 aliphatic carbocycles. The lowest BCUT2D eigenvalue weighted by atomic mass is 10.1. The van der Waals surface area contributed by atoms with Crippen molar-refractivity contribution in [1.29, 1.82) is 0 Å². The second-order valence-electron chi connectivity index (χ2n) is 5.11. The molecule has 3 nitrogen and oxygen atoms in total. The molecule has 2 rings (SSSR count). The molecule has 0 amide bonds. The van der Waals surface area contributed by atoms with Crippen LogP contribution >= 0.6 is 27.3 Å². The van der Waals surface area contributed by atoms with Crippen LogP contribution in [0.1, 0.15) is 44.4 Å². The van der Waals surface area contributed by atoms with Crippen LogP contribution in [-0.4, -0.2) is 16.5 Å². The molecule has 0 fully saturated rings. The Hall–Kier alpha value is -0.940. The van der Waals surface area contributed by atoms with Crippen LogP contribution in [0.5, 0.6) is 0 Å². The molecule has 2 aromatic heterocycles. The average molecular weight is 354 g/mol. The highest BCUT2D eigenvalue weighted by molar-refractivity contribution is 9.10. The van der Waals surface area contributed by atoms with Crippen LogP contribution in [0.3, 0.4) is 0 Å². The van der Waals surface area contributed by atoms with E-state index < -0.39 is 0 Å². The predicted molar refractivity (Wildman–Crippen MR) is 90.7 cm³/mol. The molecular formula is C15H20BrN3S. The van der Waals surface area contributed by atoms with Crippen LogP contribution < -0.4 is 5.32 Å². The van der Waals surface area contributed by atoms with E-state index in [4.69, 9.17) is 9.97 Å². The molecular weight excluding hydrogens is 334 g/mol. The fourth-order valence-corrected chi connectivity index (χ4v) is 3.55. The van der Waals surface area contributed by atoms with E-state index in [0.717, 1.165) is 39.7 Å². The molecule has 0 saturated heterocycles. The highest BCUT2D eigenvalue weighted by Crippen LogP contribution is 2.34. The molecule has 0 aromatic carbocycles. The van der Waals surface area contributed by atoms with Crippen molar-refractivity contribution in [3.63, 3.8) is 0 Å². The number of rotatable bonds is 5. The summed E-state index contributed by atoms with van der Waals surface area (Å²) in [7, 11) is 0. The summed E-state index contributed by atoms with van der Waals surface area (Å²) in [5.41, 5.74) is 2.29. The summed E-state index contributed by atoms with van der Waals surface area (Å²) >= 11 is 5.34. The van der Waals surface area contributed by atoms with Crippen molar-refractivity contribution in [1.82, 2.24) is 9.97 Å². The second kappa shape index (κ2) is 6.68. The third kappa shape index (κ3) is 3.20. The van der Waals surface area contributed by atoms with Crippen LogP contribution in [0.15, 0.2) is 15.9 Å². The van der Waals surface area contributed by atoms with Crippen LogP contribution in [0.4, 0.5) is 5.82 Å². The molecule has 0 bridgehead atoms. The number of halogens is 1. The minimum atomic E-state index is 0.355. The van der Waals surface area contributed by atoms with Gasteiger partial charge in [0.2, 0.25) is 0 Å². The van der Waals surface area contributed by atoms with Gasteiger partial charge < -0.3 is 5.32 Å². The van der Waals surface area contributed by atoms with Crippen molar-refractivity contribution in [2.45, 2.75) is 40.0 Å². The molecule has 108 valence electrons. The maximum Gasteiger partial charge on any atom is 0.172 e. The quantitative estimate of drug-likeness (QED) is 0.800. The van der Waals surface area contributed by atoms with E-state index in [9.17, 15) is 0 Å². The Morgan fingerprint density at radius 1 is 1.35 bits per heavy atom. The Kier molecular flexibility index (Phi) is 5.16. The van der Waals surface area contributed by atoms with Gasteiger partial charge in [0, 0.05) is 6.54 Å². The summed E-state index contributed by atoms with van der Waals surface area (Å²) in [4.78, 5) is 10.6. The van der Waals surface area contributed by atoms with Gasteiger partial charge in [-0.05, 0) is 52.2 Å². The van der Waals surface area contributed by atoms with Crippen molar-refractivity contribution >= 4 is 33.1 Å². The zero-order valence-corrected chi connectivity index (χ0v) is 14.7. The van der Waals surface area contributed by atoms with Gasteiger partial charge in [-0.1, -0.05) is 20.8 Å². The summed E-state index contributed by atoms with van der Waals surface area (Å²) in [5.74, 6) is 2.07. The summed E-state index contributed by atoms with van der Waals surface area (Å²) in [5, 5.41) is 5.47. The Bertz CT molecular complexity index is 593. The monoisotopic (exact) mass is 353 g/mol. The number of nitrogens with zero attached hydrogens (tertiary/aromatic N) is 2. The highest BCUT2D eigenvalue weighted by Gasteiger charge is 2.17. The highest BCUT2D eigenvalue weighted by atomic mass is 79.9. The zero-order valence-electron chi connectivity index (χ0n) is 12.3. The van der Waals surface area contributed by atoms with Gasteiger partial charge in [0.1, 0.15) is 5.82 Å². The number of hydrogen-bond donors (Lipinski definition) is 1. The van der Waals surface area contributed by atoms with Gasteiger partial charge in [0.25, 0.3) is 0 Å². The van der Waals surface area contributed by atoms with Crippen molar-refractivity contribution < 1.29 is 0 Å². The second-order valence-corrected chi connectivity index (χ2v) is 6.82. The lowest BCUT2D eigenvalue weighted by Gasteiger charge is -2.14. The SMILES string of the molecule is CCCNc1nc(-c2sccc2C)nc(C(C)C)c1Br. The van der Waals surface area contributed by atoms with Crippen molar-refractivity contribution in [3.8, 4) is 10.7 Å². The molecule has 5 heteroatoms. The largest absolute Gasteiger partial charge is 0.369 e. The fraction of sp³-hybridized carbons (Fsp3) is 0.467. The number of thiophene rings is 1. The first kappa shape index (κ1) is 15.4. The van der Waals surface area contributed by atoms with Crippen LogP contribution in [0.2, 0.25) is 0 Å². The predicted octanol–water partition coefficient (Wildman–Crippen LogP) is 5.22. The maximum absolute atomic E-state index is 4.76. The Morgan fingerprint density at radius 2 is 2.10 bits per heavy atom. The molecule has 0 radical (unpaired) electrons. The molecule has 0 spiro atoms. The first-order valence-electron chi connectivity index (χ1n) is 6.90. The number of aromatic nitrogens is 2. The van der Waals surface area contributed by atoms with Gasteiger partial charge in [-0.2, -0.15) is 0 Å². The van der Waals surface area contributed by atoms with E-state index in [1.807, 2.05) is 0 Å². The van der Waals surface area contributed by atoms with Gasteiger partial charge in [0.05, 0.1) is 15.0 Å². The first-order valence-corrected chi connectivity index (χ1v) is 8.57. The van der Waals surface area contributed by atoms with Gasteiger partial charge in [0.15, 0.2) is 5.82 Å². The molecule has 0 atom stereocenters. The molecule has 2 heterocycles. The van der Waals surface area contributed by atoms with E-state index in [1.54, 1.807) is 11.3 Å². The summed E-state index contributed by atoms with van der Waals surface area (Å²) < 4.78 is 0.985. The normalized spacial score (nSPS) is 11.1. The smallest absolute Gasteiger partial charge is 0.172 e. The fourth-order valence-electron chi connectivity index (χ4n) is 1.91. The molecule has 0 unspecified atom stereocenters. The summed E-state index contributed by atoms with van der Waals surface area (Å²) in [6.45, 7) is 9.47. The zero-order chi connectivity index (χ0) is 14.7. The van der Waals surface area contributed by atoms with Crippen LogP contribution in [0.25, 0.3) is 10.7 Å². The van der Waals surface area contributed by atoms with Gasteiger partial charge in [-0.15, -0.1) is 11.3 Å². The minimum Gasteiger partial charge on any atom is -0.369 e. The van der Waals surface area contributed by atoms with E-state index in [-0.39, 0.29) is 0 Å². The number of hydrogen-bond acceptors (Lipinski definition) is 4. The Morgan fingerprint density at radius 3 is 2.65 bits per heavy atom. The number of nitrogens with one attached hydrogen (secondary N) is 1. The lowest BCUT2D eigenvalue weighted by molar-refractivity contribution is 0.808. The standard InChI is InChI=1S/C15H20BrN3S/c1-5-7-17-14-11(16)12(9(2)3)18-15(19-14)13-10(4)6-8-20-13/h6,8-9H,5,7H2,1-4H3,(H,17,18,19). The third-order valence-corrected chi connectivity index (χ3v) is 4.83. The number of anilines is 1. The topological polar surface area (TPSA) is 37.8 Å². The minimum absolute atomic E-state index is 0.355. The first-order chi connectivity index (χ1) is 9.54. The van der Waals surface area contributed by atoms with E-state index in [1.165, 1.54) is 5.56 Å². The molecule has 20 heavy (non-hydrogen) atoms. The Labute approximate surface area is 133 Å². The van der Waals surface area contributed by atoms with Gasteiger partial charge >= 0.3 is 0 Å². The van der Waals surface area contributed by atoms with Crippen LogP contribution in [0, 0.1) is 6.92 Å². The summed E-state index contributed by atoms with van der Waals surface area (Å²) in [6, 6.07) is 2.11. The summed E-state index contributed by atoms with van der Waals surface area (Å²) in [6.07, 6.45) is 1.07. The van der Waals surface area contributed by atoms with Gasteiger partial charge in [-0.3, -0.25) is 0 Å². The van der Waals surface area contributed by atoms with Crippen molar-refractivity contribution in [2.75, 3.05) is 11.9 Å². The van der Waals surface area contributed by atoms with Gasteiger partial charge in [-0.25, -0.2) is 9.97 Å². The number of aryl methyl sites for hydroxylation is 1. The van der Waals surface area contributed by atoms with Crippen molar-refractivity contribution in [2.24, 2.45) is 0 Å². The molecule has 0 aliphatic heterocycles. The molecule has 2 aromatic rings. The average Bonchev–Trinajstić information content (AvgIpc) is 2.83. The molecule has 0 saturated carbocycles. The van der Waals surface area contributed by atoms with Crippen LogP contribution in [-0.2, 0) is 0 Å².